The number of benzene rings is 2. The van der Waals surface area contributed by atoms with Crippen LogP contribution in [0.5, 0.6) is 0 Å². The zero-order chi connectivity index (χ0) is 26.4. The number of sulfone groups is 1. The number of nitrogens with one attached hydrogen (secondary N) is 1. The highest BCUT2D eigenvalue weighted by molar-refractivity contribution is 7.92. The minimum Gasteiger partial charge on any atom is -0.444 e. The minimum atomic E-state index is -5.65. The van der Waals surface area contributed by atoms with E-state index in [1.165, 1.54) is 57.2 Å². The number of hydrogen-bond acceptors (Lipinski definition) is 8. The van der Waals surface area contributed by atoms with Crippen LogP contribution in [0.25, 0.3) is 0 Å². The molecule has 0 saturated carbocycles. The van der Waals surface area contributed by atoms with Gasteiger partial charge < -0.3 is 4.74 Å². The lowest BCUT2D eigenvalue weighted by atomic mass is 9.89. The molecule has 0 spiro atoms. The average molecular weight is 507 g/mol. The number of alkyl carbamates (subject to hydrolysis) is 1. The third-order valence-corrected chi connectivity index (χ3v) is 7.24. The average Bonchev–Trinajstić information content (AvgIpc) is 3.01. The van der Waals surface area contributed by atoms with E-state index < -0.39 is 59.4 Å². The Balaban J connectivity index is 2.45. The van der Waals surface area contributed by atoms with Crippen LogP contribution in [-0.2, 0) is 29.7 Å². The highest BCUT2D eigenvalue weighted by Gasteiger charge is 2.81. The van der Waals surface area contributed by atoms with Gasteiger partial charge in [-0.05, 0) is 39.0 Å². The van der Waals surface area contributed by atoms with Gasteiger partial charge in [0, 0.05) is 12.5 Å². The molecule has 0 saturated heterocycles. The molecule has 3 amide bonds. The van der Waals surface area contributed by atoms with Crippen molar-refractivity contribution in [3.05, 3.63) is 70.3 Å². The van der Waals surface area contributed by atoms with E-state index in [9.17, 15) is 32.9 Å². The maximum absolute atomic E-state index is 17.0. The first-order chi connectivity index (χ1) is 16.1. The number of nitro groups is 1. The van der Waals surface area contributed by atoms with Crippen molar-refractivity contribution in [3.63, 3.8) is 0 Å². The summed E-state index contributed by atoms with van der Waals surface area (Å²) in [5.41, 5.74) is -5.66. The second-order valence-electron chi connectivity index (χ2n) is 8.69. The van der Waals surface area contributed by atoms with Gasteiger partial charge in [0.25, 0.3) is 21.3 Å². The van der Waals surface area contributed by atoms with E-state index in [4.69, 9.17) is 4.74 Å². The standard InChI is InChI=1S/C22H22FN3O8S/c1-14(27)25-17-13-9-8-12-16(17)21(18(25)28,24-19(29)34-20(2,3)4)22(23,26(30)31)35(32,33)15-10-6-5-7-11-15/h5-13H,1-4H3,(H,24,29)/t21-,22?/m0/s1. The van der Waals surface area contributed by atoms with Crippen molar-refractivity contribution < 1.29 is 36.9 Å². The molecule has 2 atom stereocenters. The van der Waals surface area contributed by atoms with Gasteiger partial charge in [0.15, 0.2) is 0 Å². The molecular weight excluding hydrogens is 485 g/mol. The monoisotopic (exact) mass is 507 g/mol. The molecule has 2 aromatic carbocycles. The summed E-state index contributed by atoms with van der Waals surface area (Å²) in [6.07, 6.45) is -1.52. The van der Waals surface area contributed by atoms with Crippen molar-refractivity contribution in [1.82, 2.24) is 5.32 Å². The first-order valence-corrected chi connectivity index (χ1v) is 11.7. The van der Waals surface area contributed by atoms with Crippen molar-refractivity contribution in [2.75, 3.05) is 4.90 Å². The Kier molecular flexibility index (Phi) is 6.19. The van der Waals surface area contributed by atoms with Crippen LogP contribution in [-0.4, -0.2) is 42.0 Å². The summed E-state index contributed by atoms with van der Waals surface area (Å²) in [6.45, 7) is 5.23. The van der Waals surface area contributed by atoms with Crippen molar-refractivity contribution in [3.8, 4) is 0 Å². The third kappa shape index (κ3) is 3.81. The predicted molar refractivity (Wildman–Crippen MR) is 120 cm³/mol. The first-order valence-electron chi connectivity index (χ1n) is 10.2. The molecule has 1 unspecified atom stereocenters. The molecule has 1 N–H and O–H groups in total. The molecule has 13 heteroatoms. The maximum Gasteiger partial charge on any atom is 0.499 e. The lowest BCUT2D eigenvalue weighted by Gasteiger charge is -2.35. The van der Waals surface area contributed by atoms with E-state index >= 15 is 4.39 Å². The number of hydrogen-bond donors (Lipinski definition) is 1. The van der Waals surface area contributed by atoms with Gasteiger partial charge in [-0.3, -0.25) is 25.0 Å². The number of halogens is 1. The smallest absolute Gasteiger partial charge is 0.444 e. The summed E-state index contributed by atoms with van der Waals surface area (Å²) in [5.74, 6) is -2.66. The number of carbonyl (C=O) groups excluding carboxylic acids is 3. The number of rotatable bonds is 5. The van der Waals surface area contributed by atoms with Crippen LogP contribution in [0, 0.1) is 10.1 Å². The molecule has 1 heterocycles. The second kappa shape index (κ2) is 8.41. The van der Waals surface area contributed by atoms with Crippen molar-refractivity contribution >= 4 is 33.4 Å². The van der Waals surface area contributed by atoms with Gasteiger partial charge in [0.1, 0.15) is 5.60 Å². The van der Waals surface area contributed by atoms with Crippen LogP contribution >= 0.6 is 0 Å². The number of fused-ring (bicyclic) bond motifs is 1. The molecule has 1 aliphatic heterocycles. The second-order valence-corrected chi connectivity index (χ2v) is 10.7. The Morgan fingerprint density at radius 2 is 1.63 bits per heavy atom. The quantitative estimate of drug-likeness (QED) is 0.368. The lowest BCUT2D eigenvalue weighted by molar-refractivity contribution is -0.585. The van der Waals surface area contributed by atoms with Crippen LogP contribution < -0.4 is 10.2 Å². The number of amides is 3. The summed E-state index contributed by atoms with van der Waals surface area (Å²) in [5, 5.41) is 9.47. The van der Waals surface area contributed by atoms with Crippen molar-refractivity contribution in [1.29, 1.82) is 0 Å². The summed E-state index contributed by atoms with van der Waals surface area (Å²) in [7, 11) is -5.65. The largest absolute Gasteiger partial charge is 0.499 e. The summed E-state index contributed by atoms with van der Waals surface area (Å²) >= 11 is 0. The fourth-order valence-corrected chi connectivity index (χ4v) is 5.51. The van der Waals surface area contributed by atoms with Gasteiger partial charge in [-0.25, -0.2) is 18.1 Å². The van der Waals surface area contributed by atoms with Gasteiger partial charge in [0.2, 0.25) is 5.91 Å². The van der Waals surface area contributed by atoms with E-state index in [1.807, 2.05) is 5.32 Å². The van der Waals surface area contributed by atoms with E-state index in [0.29, 0.717) is 4.90 Å². The van der Waals surface area contributed by atoms with Crippen LogP contribution in [0.1, 0.15) is 33.3 Å². The van der Waals surface area contributed by atoms with E-state index in [1.54, 1.807) is 0 Å². The van der Waals surface area contributed by atoms with Crippen LogP contribution in [0.15, 0.2) is 59.5 Å². The molecule has 186 valence electrons. The van der Waals surface area contributed by atoms with Crippen LogP contribution in [0.4, 0.5) is 14.9 Å². The third-order valence-electron chi connectivity index (χ3n) is 5.18. The van der Waals surface area contributed by atoms with Gasteiger partial charge >= 0.3 is 11.2 Å². The molecule has 3 rings (SSSR count). The SMILES string of the molecule is CC(=O)N1C(=O)[C@](NC(=O)OC(C)(C)C)(C(F)([N+](=O)[O-])S(=O)(=O)c2ccccc2)c2ccccc21. The van der Waals surface area contributed by atoms with E-state index in [2.05, 4.69) is 0 Å². The molecular formula is C22H22FN3O8S. The molecule has 0 radical (unpaired) electrons. The molecule has 0 bridgehead atoms. The Hall–Kier alpha value is -3.87. The molecule has 1 aliphatic rings. The minimum absolute atomic E-state index is 0.326. The topological polar surface area (TPSA) is 153 Å². The fourth-order valence-electron chi connectivity index (χ4n) is 3.84. The Labute approximate surface area is 199 Å². The van der Waals surface area contributed by atoms with Gasteiger partial charge in [0.05, 0.1) is 15.5 Å². The first kappa shape index (κ1) is 25.7. The molecule has 2 aromatic rings. The fraction of sp³-hybridized carbons (Fsp3) is 0.318. The summed E-state index contributed by atoms with van der Waals surface area (Å²) in [4.78, 5) is 48.9. The normalized spacial score (nSPS) is 19.5. The number of para-hydroxylation sites is 1. The Morgan fingerprint density at radius 3 is 2.14 bits per heavy atom. The van der Waals surface area contributed by atoms with Crippen molar-refractivity contribution in [2.24, 2.45) is 0 Å². The number of carbonyl (C=O) groups is 3. The Morgan fingerprint density at radius 1 is 1.09 bits per heavy atom. The van der Waals surface area contributed by atoms with Crippen molar-refractivity contribution in [2.45, 2.75) is 48.9 Å². The molecule has 0 aliphatic carbocycles. The Bertz CT molecular complexity index is 1330. The predicted octanol–water partition coefficient (Wildman–Crippen LogP) is 2.67. The highest BCUT2D eigenvalue weighted by atomic mass is 32.2. The number of ether oxygens (including phenoxy) is 1. The maximum atomic E-state index is 17.0. The number of nitrogens with zero attached hydrogens (tertiary/aromatic N) is 2. The summed E-state index contributed by atoms with van der Waals surface area (Å²) < 4.78 is 49.1. The number of imide groups is 1. The molecule has 0 aromatic heterocycles. The van der Waals surface area contributed by atoms with E-state index in [-0.39, 0.29) is 5.69 Å². The molecule has 35 heavy (non-hydrogen) atoms. The zero-order valence-corrected chi connectivity index (χ0v) is 20.0. The lowest BCUT2D eigenvalue weighted by Crippen LogP contribution is -2.70. The van der Waals surface area contributed by atoms with Gasteiger partial charge in [-0.2, -0.15) is 0 Å². The molecule has 0 fully saturated rings. The molecule has 11 nitrogen and oxygen atoms in total. The number of alkyl halides is 1. The highest BCUT2D eigenvalue weighted by Crippen LogP contribution is 2.52. The summed E-state index contributed by atoms with van der Waals surface area (Å²) in [6, 6.07) is 10.4. The van der Waals surface area contributed by atoms with Crippen LogP contribution in [0.3, 0.4) is 0 Å². The zero-order valence-electron chi connectivity index (χ0n) is 19.1. The number of anilines is 1. The van der Waals surface area contributed by atoms with Gasteiger partial charge in [-0.15, -0.1) is 4.39 Å². The van der Waals surface area contributed by atoms with Gasteiger partial charge in [-0.1, -0.05) is 36.4 Å². The van der Waals surface area contributed by atoms with E-state index in [0.717, 1.165) is 25.1 Å². The van der Waals surface area contributed by atoms with Crippen LogP contribution in [0.2, 0.25) is 0 Å².